The number of rotatable bonds is 5. The zero-order valence-corrected chi connectivity index (χ0v) is 13.1. The molecule has 7 heteroatoms. The van der Waals surface area contributed by atoms with Gasteiger partial charge in [0.2, 0.25) is 0 Å². The third-order valence-electron chi connectivity index (χ3n) is 2.44. The van der Waals surface area contributed by atoms with Crippen LogP contribution >= 0.6 is 23.5 Å². The summed E-state index contributed by atoms with van der Waals surface area (Å²) in [5.74, 6) is -0.771. The number of aromatic nitrogens is 2. The van der Waals surface area contributed by atoms with E-state index in [-0.39, 0.29) is 12.4 Å². The molecule has 1 aromatic heterocycles. The van der Waals surface area contributed by atoms with Crippen LogP contribution in [0.2, 0.25) is 0 Å². The standard InChI is InChI=1S/C14H13FN2O2S2/c1-3-19-13(18)11-8-16-14(20-2)17-12(11)21-10-6-4-9(15)5-7-10/h4-8H,3H2,1-2H3. The summed E-state index contributed by atoms with van der Waals surface area (Å²) in [4.78, 5) is 21.1. The van der Waals surface area contributed by atoms with Gasteiger partial charge in [0.25, 0.3) is 0 Å². The molecule has 0 spiro atoms. The maximum absolute atomic E-state index is 12.9. The molecule has 1 heterocycles. The van der Waals surface area contributed by atoms with E-state index in [1.807, 2.05) is 6.26 Å². The molecule has 0 unspecified atom stereocenters. The Hall–Kier alpha value is -1.60. The van der Waals surface area contributed by atoms with Gasteiger partial charge in [0.1, 0.15) is 16.4 Å². The molecule has 2 rings (SSSR count). The van der Waals surface area contributed by atoms with Gasteiger partial charge in [0.05, 0.1) is 6.61 Å². The van der Waals surface area contributed by atoms with Crippen LogP contribution in [-0.2, 0) is 4.74 Å². The average Bonchev–Trinajstić information content (AvgIpc) is 2.49. The van der Waals surface area contributed by atoms with Crippen molar-refractivity contribution in [2.45, 2.75) is 22.0 Å². The van der Waals surface area contributed by atoms with E-state index < -0.39 is 5.97 Å². The lowest BCUT2D eigenvalue weighted by molar-refractivity contribution is 0.0520. The van der Waals surface area contributed by atoms with Crippen molar-refractivity contribution in [3.05, 3.63) is 41.8 Å². The number of ether oxygens (including phenoxy) is 1. The molecule has 0 fully saturated rings. The smallest absolute Gasteiger partial charge is 0.342 e. The van der Waals surface area contributed by atoms with Crippen LogP contribution < -0.4 is 0 Å². The van der Waals surface area contributed by atoms with Gasteiger partial charge in [-0.2, -0.15) is 0 Å². The van der Waals surface area contributed by atoms with Crippen LogP contribution in [0.15, 0.2) is 45.5 Å². The highest BCUT2D eigenvalue weighted by atomic mass is 32.2. The third-order valence-corrected chi connectivity index (χ3v) is 4.01. The zero-order chi connectivity index (χ0) is 15.2. The maximum atomic E-state index is 12.9. The van der Waals surface area contributed by atoms with Gasteiger partial charge < -0.3 is 4.74 Å². The van der Waals surface area contributed by atoms with Crippen LogP contribution in [0.4, 0.5) is 4.39 Å². The number of halogens is 1. The van der Waals surface area contributed by atoms with Gasteiger partial charge in [-0.15, -0.1) is 0 Å². The van der Waals surface area contributed by atoms with Gasteiger partial charge in [-0.1, -0.05) is 23.5 Å². The summed E-state index contributed by atoms with van der Waals surface area (Å²) in [6.45, 7) is 2.02. The van der Waals surface area contributed by atoms with Crippen LogP contribution in [-0.4, -0.2) is 28.8 Å². The highest BCUT2D eigenvalue weighted by molar-refractivity contribution is 7.99. The van der Waals surface area contributed by atoms with E-state index >= 15 is 0 Å². The molecule has 0 N–H and O–H groups in total. The van der Waals surface area contributed by atoms with Crippen molar-refractivity contribution in [2.75, 3.05) is 12.9 Å². The minimum atomic E-state index is -0.463. The summed E-state index contributed by atoms with van der Waals surface area (Å²) in [6, 6.07) is 6.00. The summed E-state index contributed by atoms with van der Waals surface area (Å²) in [6.07, 6.45) is 3.31. The van der Waals surface area contributed by atoms with Crippen molar-refractivity contribution in [1.82, 2.24) is 9.97 Å². The quantitative estimate of drug-likeness (QED) is 0.362. The Balaban J connectivity index is 2.34. The SMILES string of the molecule is CCOC(=O)c1cnc(SC)nc1Sc1ccc(F)cc1. The molecule has 0 aliphatic heterocycles. The maximum Gasteiger partial charge on any atom is 0.342 e. The molecule has 0 atom stereocenters. The Labute approximate surface area is 130 Å². The van der Waals surface area contributed by atoms with Gasteiger partial charge in [-0.05, 0) is 37.4 Å². The average molecular weight is 324 g/mol. The molecule has 0 amide bonds. The van der Waals surface area contributed by atoms with Crippen molar-refractivity contribution < 1.29 is 13.9 Å². The topological polar surface area (TPSA) is 52.1 Å². The van der Waals surface area contributed by atoms with Crippen molar-refractivity contribution in [3.63, 3.8) is 0 Å². The van der Waals surface area contributed by atoms with E-state index in [0.717, 1.165) is 4.90 Å². The van der Waals surface area contributed by atoms with E-state index in [4.69, 9.17) is 4.74 Å². The van der Waals surface area contributed by atoms with Gasteiger partial charge in [0, 0.05) is 11.1 Å². The lowest BCUT2D eigenvalue weighted by Gasteiger charge is -2.08. The fourth-order valence-electron chi connectivity index (χ4n) is 1.49. The summed E-state index contributed by atoms with van der Waals surface area (Å²) < 4.78 is 17.9. The van der Waals surface area contributed by atoms with Gasteiger partial charge in [0.15, 0.2) is 5.16 Å². The summed E-state index contributed by atoms with van der Waals surface area (Å²) in [5.41, 5.74) is 0.309. The molecule has 0 radical (unpaired) electrons. The third kappa shape index (κ3) is 4.18. The zero-order valence-electron chi connectivity index (χ0n) is 11.5. The monoisotopic (exact) mass is 324 g/mol. The van der Waals surface area contributed by atoms with Gasteiger partial charge in [-0.25, -0.2) is 19.2 Å². The van der Waals surface area contributed by atoms with Crippen molar-refractivity contribution >= 4 is 29.5 Å². The van der Waals surface area contributed by atoms with Crippen molar-refractivity contribution in [2.24, 2.45) is 0 Å². The molecule has 0 aliphatic rings. The van der Waals surface area contributed by atoms with Gasteiger partial charge >= 0.3 is 5.97 Å². The fourth-order valence-corrected chi connectivity index (χ4v) is 2.76. The minimum Gasteiger partial charge on any atom is -0.462 e. The molecular formula is C14H13FN2O2S2. The lowest BCUT2D eigenvalue weighted by atomic mass is 10.3. The van der Waals surface area contributed by atoms with Crippen LogP contribution in [0.5, 0.6) is 0 Å². The number of nitrogens with zero attached hydrogens (tertiary/aromatic N) is 2. The van der Waals surface area contributed by atoms with Crippen LogP contribution in [0.1, 0.15) is 17.3 Å². The summed E-state index contributed by atoms with van der Waals surface area (Å²) in [7, 11) is 0. The number of benzene rings is 1. The number of hydrogen-bond donors (Lipinski definition) is 0. The molecule has 0 aliphatic carbocycles. The normalized spacial score (nSPS) is 10.4. The molecular weight excluding hydrogens is 311 g/mol. The van der Waals surface area contributed by atoms with E-state index in [1.54, 1.807) is 19.1 Å². The Morgan fingerprint density at radius 1 is 1.33 bits per heavy atom. The highest BCUT2D eigenvalue weighted by Gasteiger charge is 2.17. The van der Waals surface area contributed by atoms with E-state index in [1.165, 1.54) is 41.9 Å². The first kappa shape index (κ1) is 15.8. The Kier molecular flexibility index (Phi) is 5.58. The lowest BCUT2D eigenvalue weighted by Crippen LogP contribution is -2.08. The number of carbonyl (C=O) groups excluding carboxylic acids is 1. The van der Waals surface area contributed by atoms with E-state index in [2.05, 4.69) is 9.97 Å². The van der Waals surface area contributed by atoms with Crippen LogP contribution in [0.25, 0.3) is 0 Å². The predicted molar refractivity (Wildman–Crippen MR) is 80.3 cm³/mol. The summed E-state index contributed by atoms with van der Waals surface area (Å²) >= 11 is 2.66. The second-order valence-electron chi connectivity index (χ2n) is 3.85. The molecule has 21 heavy (non-hydrogen) atoms. The van der Waals surface area contributed by atoms with Crippen LogP contribution in [0.3, 0.4) is 0 Å². The Morgan fingerprint density at radius 3 is 2.67 bits per heavy atom. The Bertz CT molecular complexity index is 635. The summed E-state index contributed by atoms with van der Waals surface area (Å²) in [5, 5.41) is 1.06. The molecule has 2 aromatic rings. The Morgan fingerprint density at radius 2 is 2.05 bits per heavy atom. The van der Waals surface area contributed by atoms with Crippen LogP contribution in [0, 0.1) is 5.82 Å². The number of hydrogen-bond acceptors (Lipinski definition) is 6. The number of thioether (sulfide) groups is 1. The van der Waals surface area contributed by atoms with Crippen molar-refractivity contribution in [3.8, 4) is 0 Å². The first-order valence-corrected chi connectivity index (χ1v) is 8.19. The predicted octanol–water partition coefficient (Wildman–Crippen LogP) is 3.67. The largest absolute Gasteiger partial charge is 0.462 e. The highest BCUT2D eigenvalue weighted by Crippen LogP contribution is 2.30. The van der Waals surface area contributed by atoms with E-state index in [9.17, 15) is 9.18 Å². The fraction of sp³-hybridized carbons (Fsp3) is 0.214. The second-order valence-corrected chi connectivity index (χ2v) is 5.69. The first-order valence-electron chi connectivity index (χ1n) is 6.15. The van der Waals surface area contributed by atoms with Gasteiger partial charge in [-0.3, -0.25) is 0 Å². The molecule has 0 bridgehead atoms. The molecule has 0 saturated heterocycles. The molecule has 0 saturated carbocycles. The second kappa shape index (κ2) is 7.42. The molecule has 110 valence electrons. The molecule has 1 aromatic carbocycles. The van der Waals surface area contributed by atoms with E-state index in [0.29, 0.717) is 15.7 Å². The first-order chi connectivity index (χ1) is 10.1. The van der Waals surface area contributed by atoms with Crippen molar-refractivity contribution in [1.29, 1.82) is 0 Å². The molecule has 4 nitrogen and oxygen atoms in total. The minimum absolute atomic E-state index is 0.282. The number of esters is 1. The number of carbonyl (C=O) groups is 1.